The molecule has 0 aliphatic heterocycles. The maximum Gasteiger partial charge on any atom is 0.349 e. The molecule has 0 fully saturated rings. The van der Waals surface area contributed by atoms with E-state index in [1.54, 1.807) is 23.6 Å². The quantitative estimate of drug-likeness (QED) is 0.451. The van der Waals surface area contributed by atoms with Crippen molar-refractivity contribution in [2.75, 3.05) is 6.61 Å². The van der Waals surface area contributed by atoms with Gasteiger partial charge in [0.2, 0.25) is 0 Å². The summed E-state index contributed by atoms with van der Waals surface area (Å²) >= 11 is 1.30. The highest BCUT2D eigenvalue weighted by molar-refractivity contribution is 7.21. The number of esters is 1. The Labute approximate surface area is 166 Å². The maximum absolute atomic E-state index is 12.7. The molecule has 2 aromatic heterocycles. The van der Waals surface area contributed by atoms with E-state index in [2.05, 4.69) is 0 Å². The van der Waals surface area contributed by atoms with Gasteiger partial charge in [-0.05, 0) is 37.6 Å². The second-order valence-electron chi connectivity index (χ2n) is 6.45. The summed E-state index contributed by atoms with van der Waals surface area (Å²) in [6, 6.07) is 20.9. The Balaban J connectivity index is 2.06. The molecule has 5 heteroatoms. The summed E-state index contributed by atoms with van der Waals surface area (Å²) in [5, 5.41) is 0.861. The van der Waals surface area contributed by atoms with E-state index in [9.17, 15) is 9.59 Å². The van der Waals surface area contributed by atoms with Gasteiger partial charge in [0.1, 0.15) is 9.71 Å². The van der Waals surface area contributed by atoms with Crippen molar-refractivity contribution in [1.82, 2.24) is 4.57 Å². The molecule has 0 atom stereocenters. The molecule has 2 aromatic carbocycles. The van der Waals surface area contributed by atoms with Crippen LogP contribution in [0.4, 0.5) is 0 Å². The number of ether oxygens (including phenoxy) is 1. The first kappa shape index (κ1) is 18.2. The van der Waals surface area contributed by atoms with Crippen LogP contribution in [-0.2, 0) is 4.74 Å². The summed E-state index contributed by atoms with van der Waals surface area (Å²) in [5.41, 5.74) is 3.49. The van der Waals surface area contributed by atoms with Gasteiger partial charge in [-0.1, -0.05) is 48.0 Å². The lowest BCUT2D eigenvalue weighted by Crippen LogP contribution is -2.16. The van der Waals surface area contributed by atoms with E-state index in [1.807, 2.05) is 61.5 Å². The second-order valence-corrected chi connectivity index (χ2v) is 7.45. The molecule has 0 aliphatic rings. The molecule has 0 radical (unpaired) electrons. The van der Waals surface area contributed by atoms with Crippen LogP contribution in [0, 0.1) is 6.92 Å². The molecule has 4 nitrogen and oxygen atoms in total. The van der Waals surface area contributed by atoms with E-state index in [0.29, 0.717) is 11.5 Å². The van der Waals surface area contributed by atoms with Gasteiger partial charge in [-0.25, -0.2) is 4.79 Å². The first-order chi connectivity index (χ1) is 13.6. The number of aryl methyl sites for hydroxylation is 1. The average molecular weight is 389 g/mol. The van der Waals surface area contributed by atoms with E-state index in [0.717, 1.165) is 32.6 Å². The minimum absolute atomic E-state index is 0.132. The zero-order chi connectivity index (χ0) is 19.7. The largest absolute Gasteiger partial charge is 0.462 e. The molecule has 0 N–H and O–H groups in total. The zero-order valence-corrected chi connectivity index (χ0v) is 16.5. The lowest BCUT2D eigenvalue weighted by molar-refractivity contribution is 0.0533. The number of aromatic nitrogens is 1. The molecule has 4 rings (SSSR count). The topological polar surface area (TPSA) is 48.3 Å². The van der Waals surface area contributed by atoms with Crippen LogP contribution in [0.5, 0.6) is 0 Å². The van der Waals surface area contributed by atoms with Gasteiger partial charge < -0.3 is 4.74 Å². The second kappa shape index (κ2) is 7.44. The number of fused-ring (bicyclic) bond motifs is 1. The number of hydrogen-bond donors (Lipinski definition) is 0. The highest BCUT2D eigenvalue weighted by atomic mass is 32.1. The van der Waals surface area contributed by atoms with Crippen LogP contribution in [0.3, 0.4) is 0 Å². The first-order valence-corrected chi connectivity index (χ1v) is 9.90. The maximum atomic E-state index is 12.7. The van der Waals surface area contributed by atoms with Crippen LogP contribution < -0.4 is 5.56 Å². The lowest BCUT2D eigenvalue weighted by atomic mass is 10.0. The number of carbonyl (C=O) groups excluding carboxylic acids is 1. The van der Waals surface area contributed by atoms with Crippen molar-refractivity contribution in [1.29, 1.82) is 0 Å². The number of benzene rings is 2. The van der Waals surface area contributed by atoms with Gasteiger partial charge in [-0.2, -0.15) is 0 Å². The third kappa shape index (κ3) is 3.14. The van der Waals surface area contributed by atoms with E-state index >= 15 is 0 Å². The third-order valence-electron chi connectivity index (χ3n) is 4.56. The van der Waals surface area contributed by atoms with Crippen LogP contribution in [0.2, 0.25) is 0 Å². The molecule has 0 unspecified atom stereocenters. The van der Waals surface area contributed by atoms with Crippen LogP contribution in [0.25, 0.3) is 27.0 Å². The van der Waals surface area contributed by atoms with Gasteiger partial charge in [-0.15, -0.1) is 11.3 Å². The van der Waals surface area contributed by atoms with Gasteiger partial charge in [0.25, 0.3) is 5.56 Å². The van der Waals surface area contributed by atoms with Gasteiger partial charge in [0.05, 0.1) is 12.3 Å². The number of carbonyl (C=O) groups is 1. The molecule has 0 spiro atoms. The Hall–Kier alpha value is -3.18. The zero-order valence-electron chi connectivity index (χ0n) is 15.6. The monoisotopic (exact) mass is 389 g/mol. The van der Waals surface area contributed by atoms with Crippen LogP contribution >= 0.6 is 11.3 Å². The lowest BCUT2D eigenvalue weighted by Gasteiger charge is -2.08. The van der Waals surface area contributed by atoms with Crippen molar-refractivity contribution in [3.63, 3.8) is 0 Å². The standard InChI is InChI=1S/C23H19NO3S/c1-3-27-23(26)21-20(16-7-5-4-6-8-16)18-13-14-19(25)24(22(18)28-21)17-11-9-15(2)10-12-17/h4-14H,3H2,1-2H3. The van der Waals surface area contributed by atoms with Crippen molar-refractivity contribution in [2.45, 2.75) is 13.8 Å². The molecular formula is C23H19NO3S. The number of hydrogen-bond acceptors (Lipinski definition) is 4. The fourth-order valence-electron chi connectivity index (χ4n) is 3.25. The van der Waals surface area contributed by atoms with Crippen molar-refractivity contribution in [3.8, 4) is 16.8 Å². The molecule has 0 amide bonds. The SMILES string of the molecule is CCOC(=O)c1sc2c(ccc(=O)n2-c2ccc(C)cc2)c1-c1ccccc1. The predicted molar refractivity (Wildman–Crippen MR) is 114 cm³/mol. The Morgan fingerprint density at radius 2 is 1.71 bits per heavy atom. The van der Waals surface area contributed by atoms with Crippen LogP contribution in [0.15, 0.2) is 71.5 Å². The van der Waals surface area contributed by atoms with Gasteiger partial charge in [0, 0.05) is 17.0 Å². The highest BCUT2D eigenvalue weighted by Gasteiger charge is 2.23. The van der Waals surface area contributed by atoms with Crippen molar-refractivity contribution in [3.05, 3.63) is 87.5 Å². The van der Waals surface area contributed by atoms with Gasteiger partial charge >= 0.3 is 5.97 Å². The summed E-state index contributed by atoms with van der Waals surface area (Å²) in [5.74, 6) is -0.370. The molecule has 140 valence electrons. The Bertz CT molecular complexity index is 1200. The molecule has 28 heavy (non-hydrogen) atoms. The van der Waals surface area contributed by atoms with Crippen molar-refractivity contribution in [2.24, 2.45) is 0 Å². The summed E-state index contributed by atoms with van der Waals surface area (Å²) in [4.78, 5) is 26.7. The normalized spacial score (nSPS) is 10.9. The van der Waals surface area contributed by atoms with Gasteiger partial charge in [-0.3, -0.25) is 9.36 Å². The summed E-state index contributed by atoms with van der Waals surface area (Å²) < 4.78 is 6.96. The molecule has 0 bridgehead atoms. The average Bonchev–Trinajstić information content (AvgIpc) is 3.09. The number of nitrogens with zero attached hydrogens (tertiary/aromatic N) is 1. The molecule has 0 saturated heterocycles. The Morgan fingerprint density at radius 3 is 2.39 bits per heavy atom. The first-order valence-electron chi connectivity index (χ1n) is 9.08. The summed E-state index contributed by atoms with van der Waals surface area (Å²) in [6.45, 7) is 4.09. The van der Waals surface area contributed by atoms with Gasteiger partial charge in [0.15, 0.2) is 0 Å². The highest BCUT2D eigenvalue weighted by Crippen LogP contribution is 2.39. The van der Waals surface area contributed by atoms with E-state index in [4.69, 9.17) is 4.74 Å². The fraction of sp³-hybridized carbons (Fsp3) is 0.130. The Kier molecular flexibility index (Phi) is 4.84. The van der Waals surface area contributed by atoms with Crippen molar-refractivity contribution < 1.29 is 9.53 Å². The minimum atomic E-state index is -0.370. The molecular weight excluding hydrogens is 370 g/mol. The molecule has 0 aliphatic carbocycles. The number of pyridine rings is 1. The van der Waals surface area contributed by atoms with Crippen LogP contribution in [-0.4, -0.2) is 17.1 Å². The molecule has 2 heterocycles. The summed E-state index contributed by atoms with van der Waals surface area (Å²) in [6.07, 6.45) is 0. The molecule has 4 aromatic rings. The van der Waals surface area contributed by atoms with Crippen molar-refractivity contribution >= 4 is 27.5 Å². The smallest absolute Gasteiger partial charge is 0.349 e. The fourth-order valence-corrected chi connectivity index (χ4v) is 4.48. The van der Waals surface area contributed by atoms with E-state index < -0.39 is 0 Å². The minimum Gasteiger partial charge on any atom is -0.462 e. The predicted octanol–water partition coefficient (Wildman–Crippen LogP) is 5.20. The van der Waals surface area contributed by atoms with E-state index in [1.165, 1.54) is 11.3 Å². The third-order valence-corrected chi connectivity index (χ3v) is 5.73. The van der Waals surface area contributed by atoms with E-state index in [-0.39, 0.29) is 11.5 Å². The number of rotatable bonds is 4. The number of thiophene rings is 1. The molecule has 0 saturated carbocycles. The van der Waals surface area contributed by atoms with Crippen LogP contribution in [0.1, 0.15) is 22.2 Å². The summed E-state index contributed by atoms with van der Waals surface area (Å²) in [7, 11) is 0. The Morgan fingerprint density at radius 1 is 1.00 bits per heavy atom.